The van der Waals surface area contributed by atoms with E-state index in [0.717, 1.165) is 43.1 Å². The lowest BCUT2D eigenvalue weighted by Crippen LogP contribution is -2.44. The quantitative estimate of drug-likeness (QED) is 0.511. The highest BCUT2D eigenvalue weighted by atomic mass is 32.1. The van der Waals surface area contributed by atoms with Gasteiger partial charge in [0.05, 0.1) is 5.56 Å². The van der Waals surface area contributed by atoms with E-state index in [4.69, 9.17) is 0 Å². The average molecular weight is 448 g/mol. The second-order valence-electron chi connectivity index (χ2n) is 7.89. The van der Waals surface area contributed by atoms with Gasteiger partial charge >= 0.3 is 0 Å². The van der Waals surface area contributed by atoms with Crippen LogP contribution in [-0.4, -0.2) is 65.6 Å². The summed E-state index contributed by atoms with van der Waals surface area (Å²) in [6, 6.07) is 11.3. The van der Waals surface area contributed by atoms with Gasteiger partial charge in [-0.2, -0.15) is 0 Å². The van der Waals surface area contributed by atoms with Crippen molar-refractivity contribution >= 4 is 34.5 Å². The number of hydrogen-bond donors (Lipinski definition) is 1. The lowest BCUT2D eigenvalue weighted by atomic mass is 9.96. The number of ketones is 2. The van der Waals surface area contributed by atoms with Crippen LogP contribution < -0.4 is 10.2 Å². The van der Waals surface area contributed by atoms with Crippen molar-refractivity contribution < 1.29 is 14.4 Å². The van der Waals surface area contributed by atoms with Crippen LogP contribution in [0.15, 0.2) is 42.6 Å². The lowest BCUT2D eigenvalue weighted by molar-refractivity contribution is 0.0948. The fourth-order valence-electron chi connectivity index (χ4n) is 3.88. The Morgan fingerprint density at radius 3 is 2.53 bits per heavy atom. The SMILES string of the molecule is CN1CCN(c2ccc(CNC(=O)c3nc4c(s3)C(=O)c3cccnc3C4=O)cc2)CC1. The van der Waals surface area contributed by atoms with Gasteiger partial charge in [-0.3, -0.25) is 19.4 Å². The Kier molecular flexibility index (Phi) is 5.28. The summed E-state index contributed by atoms with van der Waals surface area (Å²) in [5.41, 5.74) is 2.48. The Hall–Kier alpha value is -3.43. The van der Waals surface area contributed by atoms with Crippen molar-refractivity contribution in [3.63, 3.8) is 0 Å². The molecule has 162 valence electrons. The number of rotatable bonds is 4. The molecule has 1 aliphatic carbocycles. The van der Waals surface area contributed by atoms with Crippen molar-refractivity contribution in [2.75, 3.05) is 38.1 Å². The molecule has 2 aromatic heterocycles. The molecule has 2 aliphatic rings. The molecule has 0 bridgehead atoms. The van der Waals surface area contributed by atoms with E-state index in [0.29, 0.717) is 6.54 Å². The van der Waals surface area contributed by atoms with Gasteiger partial charge in [-0.1, -0.05) is 12.1 Å². The van der Waals surface area contributed by atoms with Crippen LogP contribution in [0.5, 0.6) is 0 Å². The van der Waals surface area contributed by atoms with Crippen molar-refractivity contribution in [2.24, 2.45) is 0 Å². The summed E-state index contributed by atoms with van der Waals surface area (Å²) in [5.74, 6) is -1.16. The Balaban J connectivity index is 1.26. The van der Waals surface area contributed by atoms with Crippen molar-refractivity contribution in [3.05, 3.63) is 75.0 Å². The van der Waals surface area contributed by atoms with Crippen LogP contribution in [0, 0.1) is 0 Å². The normalized spacial score (nSPS) is 16.0. The second-order valence-corrected chi connectivity index (χ2v) is 8.89. The number of fused-ring (bicyclic) bond motifs is 2. The number of nitrogens with zero attached hydrogens (tertiary/aromatic N) is 4. The number of nitrogens with one attached hydrogen (secondary N) is 1. The molecular weight excluding hydrogens is 426 g/mol. The molecule has 8 nitrogen and oxygen atoms in total. The first-order valence-corrected chi connectivity index (χ1v) is 11.2. The van der Waals surface area contributed by atoms with Crippen LogP contribution in [0.2, 0.25) is 0 Å². The van der Waals surface area contributed by atoms with E-state index >= 15 is 0 Å². The number of hydrogen-bond acceptors (Lipinski definition) is 8. The average Bonchev–Trinajstić information content (AvgIpc) is 3.28. The molecule has 0 saturated carbocycles. The fourth-order valence-corrected chi connectivity index (χ4v) is 4.81. The van der Waals surface area contributed by atoms with Crippen LogP contribution in [0.25, 0.3) is 0 Å². The first kappa shape index (κ1) is 20.5. The minimum atomic E-state index is -0.426. The van der Waals surface area contributed by atoms with Gasteiger partial charge in [-0.15, -0.1) is 11.3 Å². The molecule has 9 heteroatoms. The number of carbonyl (C=O) groups excluding carboxylic acids is 3. The van der Waals surface area contributed by atoms with Gasteiger partial charge in [0.25, 0.3) is 5.91 Å². The summed E-state index contributed by atoms with van der Waals surface area (Å²) in [7, 11) is 2.13. The summed E-state index contributed by atoms with van der Waals surface area (Å²) in [6.07, 6.45) is 1.46. The molecule has 3 heterocycles. The number of aromatic nitrogens is 2. The predicted molar refractivity (Wildman–Crippen MR) is 121 cm³/mol. The minimum Gasteiger partial charge on any atom is -0.369 e. The zero-order valence-electron chi connectivity index (χ0n) is 17.5. The molecule has 0 spiro atoms. The topological polar surface area (TPSA) is 95.5 Å². The summed E-state index contributed by atoms with van der Waals surface area (Å²) in [5, 5.41) is 2.93. The molecule has 1 fully saturated rings. The second kappa shape index (κ2) is 8.25. The maximum absolute atomic E-state index is 12.7. The van der Waals surface area contributed by atoms with Gasteiger partial charge < -0.3 is 15.1 Å². The van der Waals surface area contributed by atoms with Crippen LogP contribution in [0.4, 0.5) is 5.69 Å². The van der Waals surface area contributed by atoms with Crippen molar-refractivity contribution in [3.8, 4) is 0 Å². The molecule has 3 aromatic rings. The summed E-state index contributed by atoms with van der Waals surface area (Å²) in [6.45, 7) is 4.41. The van der Waals surface area contributed by atoms with E-state index in [-0.39, 0.29) is 32.6 Å². The number of anilines is 1. The Morgan fingerprint density at radius 1 is 1.03 bits per heavy atom. The van der Waals surface area contributed by atoms with E-state index < -0.39 is 11.7 Å². The van der Waals surface area contributed by atoms with Gasteiger partial charge in [-0.25, -0.2) is 4.98 Å². The third-order valence-electron chi connectivity index (χ3n) is 5.77. The molecule has 32 heavy (non-hydrogen) atoms. The largest absolute Gasteiger partial charge is 0.369 e. The highest BCUT2D eigenvalue weighted by molar-refractivity contribution is 7.16. The lowest BCUT2D eigenvalue weighted by Gasteiger charge is -2.34. The molecule has 1 aliphatic heterocycles. The number of amides is 1. The number of piperazine rings is 1. The number of carbonyl (C=O) groups is 3. The molecule has 1 amide bonds. The monoisotopic (exact) mass is 447 g/mol. The smallest absolute Gasteiger partial charge is 0.280 e. The fraction of sp³-hybridized carbons (Fsp3) is 0.261. The highest BCUT2D eigenvalue weighted by Gasteiger charge is 2.35. The third-order valence-corrected chi connectivity index (χ3v) is 6.82. The predicted octanol–water partition coefficient (Wildman–Crippen LogP) is 2.00. The molecular formula is C23H21N5O3S. The molecule has 0 radical (unpaired) electrons. The maximum atomic E-state index is 12.7. The van der Waals surface area contributed by atoms with Gasteiger partial charge in [0, 0.05) is 44.6 Å². The first-order chi connectivity index (χ1) is 15.5. The first-order valence-electron chi connectivity index (χ1n) is 10.4. The number of thiazole rings is 1. The Morgan fingerprint density at radius 2 is 1.78 bits per heavy atom. The maximum Gasteiger partial charge on any atom is 0.280 e. The van der Waals surface area contributed by atoms with Crippen molar-refractivity contribution in [2.45, 2.75) is 6.54 Å². The number of benzene rings is 1. The van der Waals surface area contributed by atoms with Crippen LogP contribution in [0.3, 0.4) is 0 Å². The van der Waals surface area contributed by atoms with E-state index in [9.17, 15) is 14.4 Å². The van der Waals surface area contributed by atoms with Gasteiger partial charge in [0.15, 0.2) is 5.01 Å². The molecule has 1 N–H and O–H groups in total. The summed E-state index contributed by atoms with van der Waals surface area (Å²) >= 11 is 0.943. The summed E-state index contributed by atoms with van der Waals surface area (Å²) < 4.78 is 0. The van der Waals surface area contributed by atoms with Crippen molar-refractivity contribution in [1.82, 2.24) is 20.2 Å². The summed E-state index contributed by atoms with van der Waals surface area (Å²) in [4.78, 5) is 51.0. The van der Waals surface area contributed by atoms with Gasteiger partial charge in [0.1, 0.15) is 16.3 Å². The van der Waals surface area contributed by atoms with Gasteiger partial charge in [-0.05, 0) is 36.9 Å². The standard InChI is InChI=1S/C23H21N5O3S/c1-27-9-11-28(12-10-27)15-6-4-14(5-7-15)13-25-22(31)23-26-18-20(30)17-16(3-2-8-24-17)19(29)21(18)32-23/h2-8H,9-13H2,1H3,(H,25,31). The van der Waals surface area contributed by atoms with Crippen molar-refractivity contribution in [1.29, 1.82) is 0 Å². The molecule has 1 saturated heterocycles. The Labute approximate surface area is 188 Å². The minimum absolute atomic E-state index is 0.00730. The number of pyridine rings is 1. The van der Waals surface area contributed by atoms with E-state index in [1.165, 1.54) is 11.9 Å². The molecule has 1 aromatic carbocycles. The van der Waals surface area contributed by atoms with E-state index in [1.807, 2.05) is 12.1 Å². The Bertz CT molecular complexity index is 1160. The van der Waals surface area contributed by atoms with E-state index in [1.54, 1.807) is 12.1 Å². The molecule has 5 rings (SSSR count). The third kappa shape index (κ3) is 3.69. The number of likely N-dealkylation sites (N-methyl/N-ethyl adjacent to an activating group) is 1. The molecule has 0 atom stereocenters. The van der Waals surface area contributed by atoms with Crippen LogP contribution in [-0.2, 0) is 6.54 Å². The molecule has 0 unspecified atom stereocenters. The van der Waals surface area contributed by atoms with Crippen LogP contribution in [0.1, 0.15) is 46.8 Å². The van der Waals surface area contributed by atoms with Crippen LogP contribution >= 0.6 is 11.3 Å². The highest BCUT2D eigenvalue weighted by Crippen LogP contribution is 2.30. The zero-order valence-corrected chi connectivity index (χ0v) is 18.3. The van der Waals surface area contributed by atoms with Gasteiger partial charge in [0.2, 0.25) is 11.6 Å². The zero-order chi connectivity index (χ0) is 22.2. The van der Waals surface area contributed by atoms with E-state index in [2.05, 4.69) is 44.3 Å².